The molecule has 0 aromatic carbocycles. The lowest BCUT2D eigenvalue weighted by Gasteiger charge is -2.25. The molecule has 1 N–H and O–H groups in total. The van der Waals surface area contributed by atoms with Crippen LogP contribution in [-0.2, 0) is 0 Å². The van der Waals surface area contributed by atoms with Gasteiger partial charge in [-0.2, -0.15) is 0 Å². The minimum atomic E-state index is 0.929. The molecule has 0 amide bonds. The molecule has 1 rings (SSSR count). The average molecular weight is 250 g/mol. The van der Waals surface area contributed by atoms with Gasteiger partial charge in [-0.25, -0.2) is 9.97 Å². The third-order valence-corrected chi connectivity index (χ3v) is 3.16. The summed E-state index contributed by atoms with van der Waals surface area (Å²) in [6.07, 6.45) is 6.50. The van der Waals surface area contributed by atoms with Crippen LogP contribution in [0.1, 0.15) is 45.1 Å². The standard InChI is InChI=1S/C14H26N4/c1-5-7-9-18(10-8-6-2)14-12(3)13(15-4)16-11-17-14/h11H,5-10H2,1-4H3,(H,15,16,17). The normalized spacial score (nSPS) is 10.4. The van der Waals surface area contributed by atoms with Gasteiger partial charge >= 0.3 is 0 Å². The van der Waals surface area contributed by atoms with Gasteiger partial charge in [0.2, 0.25) is 0 Å². The van der Waals surface area contributed by atoms with Crippen LogP contribution < -0.4 is 10.2 Å². The van der Waals surface area contributed by atoms with Crippen LogP contribution in [0.2, 0.25) is 0 Å². The number of anilines is 2. The number of hydrogen-bond donors (Lipinski definition) is 1. The maximum absolute atomic E-state index is 4.47. The molecule has 1 aromatic rings. The van der Waals surface area contributed by atoms with Gasteiger partial charge in [-0.05, 0) is 19.8 Å². The Hall–Kier alpha value is -1.32. The number of aromatic nitrogens is 2. The summed E-state index contributed by atoms with van der Waals surface area (Å²) in [6.45, 7) is 8.70. The van der Waals surface area contributed by atoms with E-state index >= 15 is 0 Å². The molecule has 0 aliphatic carbocycles. The highest BCUT2D eigenvalue weighted by Gasteiger charge is 2.12. The van der Waals surface area contributed by atoms with E-state index in [-0.39, 0.29) is 0 Å². The second kappa shape index (κ2) is 7.90. The summed E-state index contributed by atoms with van der Waals surface area (Å²) < 4.78 is 0. The summed E-state index contributed by atoms with van der Waals surface area (Å²) >= 11 is 0. The molecule has 0 aliphatic rings. The molecule has 4 heteroatoms. The SMILES string of the molecule is CCCCN(CCCC)c1ncnc(NC)c1C. The molecule has 0 saturated heterocycles. The highest BCUT2D eigenvalue weighted by Crippen LogP contribution is 2.22. The van der Waals surface area contributed by atoms with Crippen molar-refractivity contribution >= 4 is 11.6 Å². The summed E-state index contributed by atoms with van der Waals surface area (Å²) in [6, 6.07) is 0. The molecule has 1 heterocycles. The summed E-state index contributed by atoms with van der Waals surface area (Å²) in [5, 5.41) is 3.12. The molecule has 0 radical (unpaired) electrons. The topological polar surface area (TPSA) is 41.1 Å². The van der Waals surface area contributed by atoms with Crippen LogP contribution in [0.4, 0.5) is 11.6 Å². The lowest BCUT2D eigenvalue weighted by molar-refractivity contribution is 0.669. The van der Waals surface area contributed by atoms with E-state index in [0.717, 1.165) is 30.3 Å². The fourth-order valence-electron chi connectivity index (χ4n) is 2.03. The predicted molar refractivity (Wildman–Crippen MR) is 78.3 cm³/mol. The molecular formula is C14H26N4. The summed E-state index contributed by atoms with van der Waals surface area (Å²) in [5.41, 5.74) is 1.15. The molecule has 18 heavy (non-hydrogen) atoms. The van der Waals surface area contributed by atoms with Gasteiger partial charge < -0.3 is 10.2 Å². The van der Waals surface area contributed by atoms with Gasteiger partial charge in [-0.1, -0.05) is 26.7 Å². The Balaban J connectivity index is 2.88. The second-order valence-electron chi connectivity index (χ2n) is 4.62. The van der Waals surface area contributed by atoms with E-state index in [1.807, 2.05) is 7.05 Å². The molecule has 4 nitrogen and oxygen atoms in total. The second-order valence-corrected chi connectivity index (χ2v) is 4.62. The third kappa shape index (κ3) is 3.86. The Kier molecular flexibility index (Phi) is 6.47. The first-order valence-electron chi connectivity index (χ1n) is 6.98. The fraction of sp³-hybridized carbons (Fsp3) is 0.714. The number of hydrogen-bond acceptors (Lipinski definition) is 4. The third-order valence-electron chi connectivity index (χ3n) is 3.16. The van der Waals surface area contributed by atoms with Crippen molar-refractivity contribution in [2.24, 2.45) is 0 Å². The van der Waals surface area contributed by atoms with E-state index in [4.69, 9.17) is 0 Å². The number of nitrogens with one attached hydrogen (secondary N) is 1. The largest absolute Gasteiger partial charge is 0.373 e. The Labute approximate surface area is 111 Å². The van der Waals surface area contributed by atoms with Gasteiger partial charge in [0.15, 0.2) is 0 Å². The molecule has 0 saturated carbocycles. The summed E-state index contributed by atoms with van der Waals surface area (Å²) in [5.74, 6) is 2.01. The smallest absolute Gasteiger partial charge is 0.137 e. The van der Waals surface area contributed by atoms with E-state index in [0.29, 0.717) is 0 Å². The van der Waals surface area contributed by atoms with Crippen molar-refractivity contribution < 1.29 is 0 Å². The van der Waals surface area contributed by atoms with Crippen molar-refractivity contribution in [3.05, 3.63) is 11.9 Å². The molecule has 0 spiro atoms. The highest BCUT2D eigenvalue weighted by molar-refractivity contribution is 5.57. The number of nitrogens with zero attached hydrogens (tertiary/aromatic N) is 3. The molecule has 0 bridgehead atoms. The van der Waals surface area contributed by atoms with Gasteiger partial charge in [0.1, 0.15) is 18.0 Å². The van der Waals surface area contributed by atoms with Gasteiger partial charge in [-0.3, -0.25) is 0 Å². The fourth-order valence-corrected chi connectivity index (χ4v) is 2.03. The van der Waals surface area contributed by atoms with Gasteiger partial charge in [0.25, 0.3) is 0 Å². The summed E-state index contributed by atoms with van der Waals surface area (Å²) in [4.78, 5) is 11.1. The minimum Gasteiger partial charge on any atom is -0.373 e. The quantitative estimate of drug-likeness (QED) is 0.769. The van der Waals surface area contributed by atoms with Crippen molar-refractivity contribution in [3.8, 4) is 0 Å². The Morgan fingerprint density at radius 2 is 1.72 bits per heavy atom. The van der Waals surface area contributed by atoms with Crippen molar-refractivity contribution in [3.63, 3.8) is 0 Å². The zero-order valence-corrected chi connectivity index (χ0v) is 12.2. The van der Waals surface area contributed by atoms with E-state index < -0.39 is 0 Å². The van der Waals surface area contributed by atoms with Gasteiger partial charge in [0, 0.05) is 25.7 Å². The maximum atomic E-state index is 4.47. The average Bonchev–Trinajstić information content (AvgIpc) is 2.40. The van der Waals surface area contributed by atoms with Crippen LogP contribution in [-0.4, -0.2) is 30.1 Å². The van der Waals surface area contributed by atoms with E-state index in [9.17, 15) is 0 Å². The van der Waals surface area contributed by atoms with Crippen LogP contribution in [0.5, 0.6) is 0 Å². The highest BCUT2D eigenvalue weighted by atomic mass is 15.2. The Morgan fingerprint density at radius 1 is 1.11 bits per heavy atom. The van der Waals surface area contributed by atoms with Crippen LogP contribution in [0.25, 0.3) is 0 Å². The van der Waals surface area contributed by atoms with E-state index in [2.05, 4.69) is 41.0 Å². The molecule has 0 atom stereocenters. The first-order valence-corrected chi connectivity index (χ1v) is 6.98. The lowest BCUT2D eigenvalue weighted by Crippen LogP contribution is -2.27. The maximum Gasteiger partial charge on any atom is 0.137 e. The minimum absolute atomic E-state index is 0.929. The zero-order chi connectivity index (χ0) is 13.4. The molecule has 0 aliphatic heterocycles. The Bertz CT molecular complexity index is 344. The Morgan fingerprint density at radius 3 is 2.22 bits per heavy atom. The lowest BCUT2D eigenvalue weighted by atomic mass is 10.2. The number of rotatable bonds is 8. The van der Waals surface area contributed by atoms with E-state index in [1.54, 1.807) is 6.33 Å². The van der Waals surface area contributed by atoms with Crippen LogP contribution >= 0.6 is 0 Å². The van der Waals surface area contributed by atoms with Gasteiger partial charge in [0.05, 0.1) is 0 Å². The van der Waals surface area contributed by atoms with Crippen LogP contribution in [0.15, 0.2) is 6.33 Å². The molecular weight excluding hydrogens is 224 g/mol. The molecule has 102 valence electrons. The van der Waals surface area contributed by atoms with Crippen molar-refractivity contribution in [2.45, 2.75) is 46.5 Å². The van der Waals surface area contributed by atoms with Crippen molar-refractivity contribution in [1.29, 1.82) is 0 Å². The van der Waals surface area contributed by atoms with Crippen molar-refractivity contribution in [2.75, 3.05) is 30.4 Å². The van der Waals surface area contributed by atoms with Gasteiger partial charge in [-0.15, -0.1) is 0 Å². The first kappa shape index (κ1) is 14.7. The first-order chi connectivity index (χ1) is 8.74. The zero-order valence-electron chi connectivity index (χ0n) is 12.2. The monoisotopic (exact) mass is 250 g/mol. The molecule has 0 unspecified atom stereocenters. The predicted octanol–water partition coefficient (Wildman–Crippen LogP) is 3.23. The molecule has 1 aromatic heterocycles. The van der Waals surface area contributed by atoms with Crippen molar-refractivity contribution in [1.82, 2.24) is 9.97 Å². The number of unbranched alkanes of at least 4 members (excludes halogenated alkanes) is 2. The summed E-state index contributed by atoms with van der Waals surface area (Å²) in [7, 11) is 1.90. The van der Waals surface area contributed by atoms with Crippen LogP contribution in [0, 0.1) is 6.92 Å². The van der Waals surface area contributed by atoms with E-state index in [1.165, 1.54) is 25.7 Å². The molecule has 0 fully saturated rings. The van der Waals surface area contributed by atoms with Crippen LogP contribution in [0.3, 0.4) is 0 Å².